The van der Waals surface area contributed by atoms with Crippen molar-refractivity contribution >= 4 is 33.4 Å². The van der Waals surface area contributed by atoms with Crippen molar-refractivity contribution in [3.8, 4) is 0 Å². The van der Waals surface area contributed by atoms with Gasteiger partial charge in [0.15, 0.2) is 0 Å². The minimum Gasteiger partial charge on any atom is -0.340 e. The molecule has 25 heavy (non-hydrogen) atoms. The molecule has 4 nitrogen and oxygen atoms in total. The number of fused-ring (bicyclic) bond motifs is 1. The lowest BCUT2D eigenvalue weighted by Crippen LogP contribution is -2.51. The third-order valence-electron chi connectivity index (χ3n) is 4.46. The van der Waals surface area contributed by atoms with Crippen LogP contribution in [-0.4, -0.2) is 24.4 Å². The Labute approximate surface area is 156 Å². The minimum atomic E-state index is -0.553. The van der Waals surface area contributed by atoms with Crippen molar-refractivity contribution in [1.29, 1.82) is 0 Å². The van der Waals surface area contributed by atoms with E-state index in [4.69, 9.17) is 0 Å². The number of benzene rings is 2. The Morgan fingerprint density at radius 3 is 2.52 bits per heavy atom. The molecule has 0 radical (unpaired) electrons. The van der Waals surface area contributed by atoms with Crippen molar-refractivity contribution in [1.82, 2.24) is 5.32 Å². The molecule has 3 rings (SSSR count). The van der Waals surface area contributed by atoms with Crippen molar-refractivity contribution in [3.05, 3.63) is 64.1 Å². The maximum atomic E-state index is 13.1. The van der Waals surface area contributed by atoms with Gasteiger partial charge in [-0.15, -0.1) is 0 Å². The lowest BCUT2D eigenvalue weighted by atomic mass is 10.0. The first-order chi connectivity index (χ1) is 12.0. The second kappa shape index (κ2) is 7.40. The number of hydrogen-bond acceptors (Lipinski definition) is 2. The average Bonchev–Trinajstić information content (AvgIpc) is 3.02. The summed E-state index contributed by atoms with van der Waals surface area (Å²) >= 11 is 3.47. The summed E-state index contributed by atoms with van der Waals surface area (Å²) in [6.45, 7) is 4.55. The summed E-state index contributed by atoms with van der Waals surface area (Å²) < 4.78 is 1.01. The summed E-state index contributed by atoms with van der Waals surface area (Å²) in [6.07, 6.45) is 0.831. The van der Waals surface area contributed by atoms with Crippen molar-refractivity contribution in [2.24, 2.45) is 5.92 Å². The van der Waals surface area contributed by atoms with Crippen LogP contribution in [0.15, 0.2) is 53.0 Å². The molecule has 130 valence electrons. The quantitative estimate of drug-likeness (QED) is 0.848. The van der Waals surface area contributed by atoms with Gasteiger partial charge in [0, 0.05) is 22.3 Å². The number of hydrogen-bond donors (Lipinski definition) is 1. The predicted octanol–water partition coefficient (Wildman–Crippen LogP) is 3.79. The maximum Gasteiger partial charge on any atom is 0.251 e. The normalized spacial score (nSPS) is 14.3. The van der Waals surface area contributed by atoms with Gasteiger partial charge in [0.05, 0.1) is 0 Å². The highest BCUT2D eigenvalue weighted by molar-refractivity contribution is 9.10. The zero-order chi connectivity index (χ0) is 18.0. The van der Waals surface area contributed by atoms with Crippen LogP contribution in [0.4, 0.5) is 5.69 Å². The van der Waals surface area contributed by atoms with Gasteiger partial charge in [0.25, 0.3) is 5.91 Å². The zero-order valence-corrected chi connectivity index (χ0v) is 15.9. The minimum absolute atomic E-state index is 0.000314. The van der Waals surface area contributed by atoms with E-state index in [1.807, 2.05) is 44.2 Å². The molecule has 2 aromatic rings. The summed E-state index contributed by atoms with van der Waals surface area (Å²) in [5, 5.41) is 2.91. The Balaban J connectivity index is 1.80. The third-order valence-corrected chi connectivity index (χ3v) is 4.95. The van der Waals surface area contributed by atoms with Crippen molar-refractivity contribution in [2.75, 3.05) is 11.4 Å². The highest BCUT2D eigenvalue weighted by Crippen LogP contribution is 2.31. The lowest BCUT2D eigenvalue weighted by molar-refractivity contribution is -0.121. The molecule has 0 saturated heterocycles. The molecule has 1 aliphatic rings. The number of amides is 2. The van der Waals surface area contributed by atoms with Gasteiger partial charge in [-0.2, -0.15) is 0 Å². The topological polar surface area (TPSA) is 49.4 Å². The van der Waals surface area contributed by atoms with Crippen molar-refractivity contribution in [2.45, 2.75) is 26.3 Å². The number of anilines is 1. The van der Waals surface area contributed by atoms with Gasteiger partial charge in [-0.3, -0.25) is 9.59 Å². The van der Waals surface area contributed by atoms with Gasteiger partial charge in [-0.05, 0) is 48.2 Å². The van der Waals surface area contributed by atoms with E-state index in [2.05, 4.69) is 27.3 Å². The van der Waals surface area contributed by atoms with E-state index < -0.39 is 6.04 Å². The highest BCUT2D eigenvalue weighted by atomic mass is 79.9. The summed E-state index contributed by atoms with van der Waals surface area (Å²) in [7, 11) is 0. The van der Waals surface area contributed by atoms with E-state index in [1.165, 1.54) is 0 Å². The largest absolute Gasteiger partial charge is 0.340 e. The number of nitrogens with one attached hydrogen (secondary N) is 1. The summed E-state index contributed by atoms with van der Waals surface area (Å²) in [6, 6.07) is 14.4. The van der Waals surface area contributed by atoms with E-state index in [-0.39, 0.29) is 17.7 Å². The monoisotopic (exact) mass is 400 g/mol. The molecule has 0 aliphatic carbocycles. The highest BCUT2D eigenvalue weighted by Gasteiger charge is 2.33. The average molecular weight is 401 g/mol. The van der Waals surface area contributed by atoms with E-state index in [0.717, 1.165) is 22.1 Å². The second-order valence-electron chi connectivity index (χ2n) is 6.57. The molecular weight excluding hydrogens is 380 g/mol. The molecule has 5 heteroatoms. The first-order valence-electron chi connectivity index (χ1n) is 8.43. The predicted molar refractivity (Wildman–Crippen MR) is 103 cm³/mol. The van der Waals surface area contributed by atoms with E-state index in [9.17, 15) is 9.59 Å². The van der Waals surface area contributed by atoms with Crippen LogP contribution < -0.4 is 10.2 Å². The van der Waals surface area contributed by atoms with Crippen LogP contribution >= 0.6 is 15.9 Å². The molecule has 1 aliphatic heterocycles. The van der Waals surface area contributed by atoms with Crippen LogP contribution in [0.3, 0.4) is 0 Å². The Morgan fingerprint density at radius 1 is 1.12 bits per heavy atom. The molecule has 1 atom stereocenters. The van der Waals surface area contributed by atoms with E-state index >= 15 is 0 Å². The molecule has 0 aromatic heterocycles. The number of nitrogens with zero attached hydrogens (tertiary/aromatic N) is 1. The maximum absolute atomic E-state index is 13.1. The smallest absolute Gasteiger partial charge is 0.251 e. The van der Waals surface area contributed by atoms with Crippen LogP contribution in [0.1, 0.15) is 29.8 Å². The SMILES string of the molecule is CC(C)C(NC(=O)c1ccccc1)C(=O)N1CCc2cc(Br)ccc21. The first-order valence-corrected chi connectivity index (χ1v) is 9.22. The number of rotatable bonds is 4. The molecule has 0 saturated carbocycles. The van der Waals surface area contributed by atoms with Crippen molar-refractivity contribution < 1.29 is 9.59 Å². The first kappa shape index (κ1) is 17.7. The zero-order valence-electron chi connectivity index (χ0n) is 14.3. The Kier molecular flexibility index (Phi) is 5.23. The fourth-order valence-corrected chi connectivity index (χ4v) is 3.50. The third kappa shape index (κ3) is 3.76. The standard InChI is InChI=1S/C20H21BrN2O2/c1-13(2)18(22-19(24)14-6-4-3-5-7-14)20(25)23-11-10-15-12-16(21)8-9-17(15)23/h3-9,12-13,18H,10-11H2,1-2H3,(H,22,24). The van der Waals surface area contributed by atoms with Gasteiger partial charge >= 0.3 is 0 Å². The summed E-state index contributed by atoms with van der Waals surface area (Å²) in [4.78, 5) is 27.4. The molecule has 2 amide bonds. The number of carbonyl (C=O) groups excluding carboxylic acids is 2. The van der Waals surface area contributed by atoms with Gasteiger partial charge in [0.1, 0.15) is 6.04 Å². The Hall–Kier alpha value is -2.14. The number of carbonyl (C=O) groups is 2. The molecule has 0 fully saturated rings. The number of halogens is 1. The summed E-state index contributed by atoms with van der Waals surface area (Å²) in [5.41, 5.74) is 2.65. The lowest BCUT2D eigenvalue weighted by Gasteiger charge is -2.27. The van der Waals surface area contributed by atoms with E-state index in [0.29, 0.717) is 12.1 Å². The van der Waals surface area contributed by atoms with Gasteiger partial charge in [-0.1, -0.05) is 48.0 Å². The Bertz CT molecular complexity index is 790. The van der Waals surface area contributed by atoms with Gasteiger partial charge in [0.2, 0.25) is 5.91 Å². The molecule has 1 N–H and O–H groups in total. The summed E-state index contributed by atoms with van der Waals surface area (Å²) in [5.74, 6) is -0.275. The van der Waals surface area contributed by atoms with Crippen LogP contribution in [0.25, 0.3) is 0 Å². The molecule has 0 spiro atoms. The second-order valence-corrected chi connectivity index (χ2v) is 7.49. The molecule has 1 heterocycles. The van der Waals surface area contributed by atoms with E-state index in [1.54, 1.807) is 17.0 Å². The van der Waals surface area contributed by atoms with Crippen LogP contribution in [0.2, 0.25) is 0 Å². The fourth-order valence-electron chi connectivity index (χ4n) is 3.09. The van der Waals surface area contributed by atoms with Gasteiger partial charge in [-0.25, -0.2) is 0 Å². The molecule has 1 unspecified atom stereocenters. The van der Waals surface area contributed by atoms with Crippen LogP contribution in [0, 0.1) is 5.92 Å². The van der Waals surface area contributed by atoms with Crippen LogP contribution in [-0.2, 0) is 11.2 Å². The molecule has 2 aromatic carbocycles. The molecular formula is C20H21BrN2O2. The molecule has 0 bridgehead atoms. The fraction of sp³-hybridized carbons (Fsp3) is 0.300. The van der Waals surface area contributed by atoms with Crippen molar-refractivity contribution in [3.63, 3.8) is 0 Å². The Morgan fingerprint density at radius 2 is 1.84 bits per heavy atom. The van der Waals surface area contributed by atoms with Gasteiger partial charge < -0.3 is 10.2 Å². The van der Waals surface area contributed by atoms with Crippen LogP contribution in [0.5, 0.6) is 0 Å².